The van der Waals surface area contributed by atoms with Gasteiger partial charge in [-0.1, -0.05) is 91.0 Å². The van der Waals surface area contributed by atoms with Gasteiger partial charge in [-0.2, -0.15) is 0 Å². The van der Waals surface area contributed by atoms with Crippen LogP contribution in [0.25, 0.3) is 11.1 Å². The molecule has 4 heteroatoms. The van der Waals surface area contributed by atoms with Gasteiger partial charge in [0, 0.05) is 5.46 Å². The zero-order chi connectivity index (χ0) is 24.4. The zero-order valence-corrected chi connectivity index (χ0v) is 20.6. The molecule has 1 N–H and O–H groups in total. The van der Waals surface area contributed by atoms with E-state index in [4.69, 9.17) is 9.31 Å². The van der Waals surface area contributed by atoms with E-state index in [1.165, 1.54) is 16.7 Å². The number of benzene rings is 4. The summed E-state index contributed by atoms with van der Waals surface area (Å²) in [6.07, 6.45) is 0. The van der Waals surface area contributed by atoms with Gasteiger partial charge >= 0.3 is 7.12 Å². The summed E-state index contributed by atoms with van der Waals surface area (Å²) < 4.78 is 12.6. The van der Waals surface area contributed by atoms with E-state index in [0.29, 0.717) is 5.46 Å². The minimum Gasteiger partial charge on any atom is -0.508 e. The average Bonchev–Trinajstić information content (AvgIpc) is 3.26. The Hall–Kier alpha value is -3.34. The van der Waals surface area contributed by atoms with Gasteiger partial charge in [0.25, 0.3) is 0 Å². The fourth-order valence-electron chi connectivity index (χ4n) is 5.65. The molecule has 4 aromatic rings. The van der Waals surface area contributed by atoms with Crippen molar-refractivity contribution < 1.29 is 14.4 Å². The molecular formula is C31H29BO3. The van der Waals surface area contributed by atoms with E-state index in [1.807, 2.05) is 45.9 Å². The van der Waals surface area contributed by atoms with Gasteiger partial charge < -0.3 is 14.4 Å². The van der Waals surface area contributed by atoms with E-state index in [0.717, 1.165) is 16.7 Å². The summed E-state index contributed by atoms with van der Waals surface area (Å²) in [5, 5.41) is 11.4. The van der Waals surface area contributed by atoms with Crippen molar-refractivity contribution in [2.24, 2.45) is 0 Å². The van der Waals surface area contributed by atoms with Gasteiger partial charge in [0.05, 0.1) is 16.6 Å². The van der Waals surface area contributed by atoms with E-state index in [2.05, 4.69) is 78.9 Å². The van der Waals surface area contributed by atoms with E-state index in [9.17, 15) is 5.11 Å². The third-order valence-electron chi connectivity index (χ3n) is 8.11. The van der Waals surface area contributed by atoms with E-state index in [-0.39, 0.29) is 5.75 Å². The van der Waals surface area contributed by atoms with E-state index >= 15 is 0 Å². The van der Waals surface area contributed by atoms with Crippen molar-refractivity contribution in [1.29, 1.82) is 0 Å². The molecule has 1 heterocycles. The van der Waals surface area contributed by atoms with Crippen molar-refractivity contribution >= 4 is 12.6 Å². The molecule has 0 bridgehead atoms. The van der Waals surface area contributed by atoms with Crippen LogP contribution >= 0.6 is 0 Å². The maximum atomic E-state index is 11.4. The van der Waals surface area contributed by atoms with Gasteiger partial charge in [0.1, 0.15) is 5.75 Å². The van der Waals surface area contributed by atoms with Crippen LogP contribution in [0.4, 0.5) is 0 Å². The van der Waals surface area contributed by atoms with Crippen molar-refractivity contribution in [3.63, 3.8) is 0 Å². The first-order valence-electron chi connectivity index (χ1n) is 12.2. The first-order chi connectivity index (χ1) is 16.8. The summed E-state index contributed by atoms with van der Waals surface area (Å²) in [7, 11) is -0.638. The van der Waals surface area contributed by atoms with Crippen LogP contribution in [0.1, 0.15) is 49.9 Å². The Labute approximate surface area is 207 Å². The van der Waals surface area contributed by atoms with Crippen LogP contribution in [-0.4, -0.2) is 23.4 Å². The highest BCUT2D eigenvalue weighted by atomic mass is 16.7. The largest absolute Gasteiger partial charge is 0.508 e. The second kappa shape index (κ2) is 7.58. The smallest absolute Gasteiger partial charge is 0.498 e. The van der Waals surface area contributed by atoms with Gasteiger partial charge in [-0.3, -0.25) is 0 Å². The van der Waals surface area contributed by atoms with E-state index < -0.39 is 23.7 Å². The highest BCUT2D eigenvalue weighted by molar-refractivity contribution is 6.63. The highest BCUT2D eigenvalue weighted by Gasteiger charge is 2.53. The molecule has 1 saturated heterocycles. The molecule has 35 heavy (non-hydrogen) atoms. The van der Waals surface area contributed by atoms with Gasteiger partial charge in [0.15, 0.2) is 0 Å². The fraction of sp³-hybridized carbons (Fsp3) is 0.226. The Morgan fingerprint density at radius 3 is 1.69 bits per heavy atom. The van der Waals surface area contributed by atoms with Crippen LogP contribution < -0.4 is 5.46 Å². The van der Waals surface area contributed by atoms with Crippen LogP contribution in [0.5, 0.6) is 5.75 Å². The molecule has 1 aliphatic heterocycles. The van der Waals surface area contributed by atoms with Gasteiger partial charge in [-0.25, -0.2) is 0 Å². The molecule has 0 saturated carbocycles. The third kappa shape index (κ3) is 3.07. The molecule has 0 spiro atoms. The molecule has 1 aliphatic carbocycles. The Morgan fingerprint density at radius 2 is 1.11 bits per heavy atom. The fourth-order valence-corrected chi connectivity index (χ4v) is 5.65. The predicted octanol–water partition coefficient (Wildman–Crippen LogP) is 6.05. The summed E-state index contributed by atoms with van der Waals surface area (Å²) in [5.41, 5.74) is 6.00. The minimum atomic E-state index is -0.638. The highest BCUT2D eigenvalue weighted by Crippen LogP contribution is 2.56. The second-order valence-electron chi connectivity index (χ2n) is 10.6. The quantitative estimate of drug-likeness (QED) is 0.333. The molecule has 6 rings (SSSR count). The lowest BCUT2D eigenvalue weighted by Gasteiger charge is -2.34. The number of rotatable bonds is 3. The van der Waals surface area contributed by atoms with Crippen LogP contribution in [0, 0.1) is 0 Å². The SMILES string of the molecule is CC1(C)OB(c2cc3c(cc2O)C(c2ccccc2)(c2ccccc2)c2ccccc2-3)OC1(C)C. The maximum absolute atomic E-state index is 11.4. The number of hydrogen-bond acceptors (Lipinski definition) is 3. The average molecular weight is 460 g/mol. The van der Waals surface area contributed by atoms with Crippen molar-refractivity contribution in [3.8, 4) is 16.9 Å². The van der Waals surface area contributed by atoms with Gasteiger partial charge in [0.2, 0.25) is 0 Å². The summed E-state index contributed by atoms with van der Waals surface area (Å²) in [4.78, 5) is 0. The Balaban J connectivity index is 1.64. The summed E-state index contributed by atoms with van der Waals surface area (Å²) >= 11 is 0. The third-order valence-corrected chi connectivity index (χ3v) is 8.11. The monoisotopic (exact) mass is 460 g/mol. The number of hydrogen-bond donors (Lipinski definition) is 1. The lowest BCUT2D eigenvalue weighted by atomic mass is 9.67. The lowest BCUT2D eigenvalue weighted by molar-refractivity contribution is 0.00578. The number of phenols is 1. The molecule has 174 valence electrons. The van der Waals surface area contributed by atoms with Crippen molar-refractivity contribution in [1.82, 2.24) is 0 Å². The predicted molar refractivity (Wildman–Crippen MR) is 141 cm³/mol. The first-order valence-corrected chi connectivity index (χ1v) is 12.2. The maximum Gasteiger partial charge on any atom is 0.498 e. The molecule has 2 aliphatic rings. The normalized spacial score (nSPS) is 18.8. The number of aromatic hydroxyl groups is 1. The second-order valence-corrected chi connectivity index (χ2v) is 10.6. The van der Waals surface area contributed by atoms with Crippen LogP contribution in [0.15, 0.2) is 97.1 Å². The summed E-state index contributed by atoms with van der Waals surface area (Å²) in [6, 6.07) is 33.7. The van der Waals surface area contributed by atoms with Crippen LogP contribution in [-0.2, 0) is 14.7 Å². The Kier molecular flexibility index (Phi) is 4.80. The summed E-state index contributed by atoms with van der Waals surface area (Å²) in [6.45, 7) is 8.12. The van der Waals surface area contributed by atoms with Gasteiger partial charge in [-0.05, 0) is 67.1 Å². The molecule has 3 nitrogen and oxygen atoms in total. The van der Waals surface area contributed by atoms with Crippen molar-refractivity contribution in [2.75, 3.05) is 0 Å². The molecular weight excluding hydrogens is 431 g/mol. The van der Waals surface area contributed by atoms with Crippen molar-refractivity contribution in [3.05, 3.63) is 119 Å². The summed E-state index contributed by atoms with van der Waals surface area (Å²) in [5.74, 6) is 0.186. The van der Waals surface area contributed by atoms with Gasteiger partial charge in [-0.15, -0.1) is 0 Å². The minimum absolute atomic E-state index is 0.186. The Bertz CT molecular complexity index is 1350. The molecule has 0 unspecified atom stereocenters. The molecule has 0 atom stereocenters. The van der Waals surface area contributed by atoms with Crippen LogP contribution in [0.2, 0.25) is 0 Å². The topological polar surface area (TPSA) is 38.7 Å². The van der Waals surface area contributed by atoms with Crippen molar-refractivity contribution in [2.45, 2.75) is 44.3 Å². The molecule has 0 aromatic heterocycles. The number of fused-ring (bicyclic) bond motifs is 3. The molecule has 4 aromatic carbocycles. The standard InChI is InChI=1S/C31H29BO3/c1-29(2)30(3,4)35-32(34-29)27-19-24-23-17-11-12-18-25(23)31(26(24)20-28(27)33,21-13-7-5-8-14-21)22-15-9-6-10-16-22/h5-20,33H,1-4H3. The molecule has 0 amide bonds. The van der Waals surface area contributed by atoms with E-state index in [1.54, 1.807) is 0 Å². The first kappa shape index (κ1) is 22.1. The Morgan fingerprint density at radius 1 is 0.600 bits per heavy atom. The number of phenolic OH excluding ortho intramolecular Hbond substituents is 1. The lowest BCUT2D eigenvalue weighted by Crippen LogP contribution is -2.41. The molecule has 0 radical (unpaired) electrons. The zero-order valence-electron chi connectivity index (χ0n) is 20.6. The molecule has 1 fully saturated rings. The van der Waals surface area contributed by atoms with Crippen LogP contribution in [0.3, 0.4) is 0 Å².